The van der Waals surface area contributed by atoms with E-state index in [4.69, 9.17) is 4.74 Å². The second-order valence-corrected chi connectivity index (χ2v) is 8.90. The Labute approximate surface area is 172 Å². The molecule has 1 N–H and O–H groups in total. The molecular formula is C22H28N2O4S. The molecule has 1 saturated carbocycles. The van der Waals surface area contributed by atoms with Gasteiger partial charge in [-0.05, 0) is 56.2 Å². The summed E-state index contributed by atoms with van der Waals surface area (Å²) in [5.74, 6) is 0.398. The van der Waals surface area contributed by atoms with Crippen molar-refractivity contribution in [3.63, 3.8) is 0 Å². The van der Waals surface area contributed by atoms with Crippen molar-refractivity contribution in [2.75, 3.05) is 18.4 Å². The summed E-state index contributed by atoms with van der Waals surface area (Å²) in [6, 6.07) is 13.2. The van der Waals surface area contributed by atoms with E-state index < -0.39 is 10.0 Å². The van der Waals surface area contributed by atoms with Gasteiger partial charge in [0.2, 0.25) is 0 Å². The van der Waals surface area contributed by atoms with Crippen LogP contribution < -0.4 is 9.46 Å². The molecular weight excluding hydrogens is 388 g/mol. The van der Waals surface area contributed by atoms with Gasteiger partial charge in [-0.1, -0.05) is 31.4 Å². The number of carbonyl (C=O) groups is 1. The molecule has 1 amide bonds. The third-order valence-electron chi connectivity index (χ3n) is 5.38. The molecule has 7 heteroatoms. The fourth-order valence-corrected chi connectivity index (χ4v) is 4.91. The van der Waals surface area contributed by atoms with Crippen LogP contribution in [0.5, 0.6) is 5.75 Å². The van der Waals surface area contributed by atoms with Crippen LogP contribution in [0.3, 0.4) is 0 Å². The lowest BCUT2D eigenvalue weighted by molar-refractivity contribution is 0.0648. The van der Waals surface area contributed by atoms with Crippen LogP contribution in [0.1, 0.15) is 49.4 Å². The van der Waals surface area contributed by atoms with Gasteiger partial charge in [0.15, 0.2) is 0 Å². The molecule has 0 atom stereocenters. The maximum absolute atomic E-state index is 13.0. The molecule has 1 aliphatic carbocycles. The summed E-state index contributed by atoms with van der Waals surface area (Å²) in [6.45, 7) is 2.64. The molecule has 0 spiro atoms. The van der Waals surface area contributed by atoms with E-state index in [-0.39, 0.29) is 16.8 Å². The second-order valence-electron chi connectivity index (χ2n) is 7.21. The first-order valence-corrected chi connectivity index (χ1v) is 11.5. The number of amides is 1. The standard InChI is InChI=1S/C22H28N2O4S/c1-3-24(18-9-5-4-6-10-18)22(25)17-13-15-19(16-14-17)29(26,27)23-20-11-7-8-12-21(20)28-2/h7-8,11-16,18,23H,3-6,9-10H2,1-2H3. The molecule has 6 nitrogen and oxygen atoms in total. The molecule has 29 heavy (non-hydrogen) atoms. The maximum Gasteiger partial charge on any atom is 0.262 e. The van der Waals surface area contributed by atoms with Crippen molar-refractivity contribution >= 4 is 21.6 Å². The largest absolute Gasteiger partial charge is 0.495 e. The first-order valence-electron chi connectivity index (χ1n) is 10.0. The normalized spacial score (nSPS) is 15.0. The van der Waals surface area contributed by atoms with Crippen molar-refractivity contribution in [1.82, 2.24) is 4.90 Å². The lowest BCUT2D eigenvalue weighted by Crippen LogP contribution is -2.41. The van der Waals surface area contributed by atoms with E-state index in [9.17, 15) is 13.2 Å². The molecule has 0 heterocycles. The number of rotatable bonds is 7. The van der Waals surface area contributed by atoms with E-state index in [0.717, 1.165) is 25.7 Å². The molecule has 2 aromatic carbocycles. The third kappa shape index (κ3) is 4.90. The Morgan fingerprint density at radius 3 is 2.34 bits per heavy atom. The first-order chi connectivity index (χ1) is 14.0. The number of ether oxygens (including phenoxy) is 1. The van der Waals surface area contributed by atoms with Gasteiger partial charge in [0, 0.05) is 18.2 Å². The molecule has 0 bridgehead atoms. The number of anilines is 1. The summed E-state index contributed by atoms with van der Waals surface area (Å²) in [5, 5.41) is 0. The Morgan fingerprint density at radius 1 is 1.07 bits per heavy atom. The zero-order chi connectivity index (χ0) is 20.9. The lowest BCUT2D eigenvalue weighted by Gasteiger charge is -2.33. The molecule has 0 aromatic heterocycles. The number of carbonyl (C=O) groups excluding carboxylic acids is 1. The molecule has 156 valence electrons. The molecule has 2 aromatic rings. The molecule has 3 rings (SSSR count). The molecule has 1 aliphatic rings. The fourth-order valence-electron chi connectivity index (χ4n) is 3.84. The summed E-state index contributed by atoms with van der Waals surface area (Å²) in [7, 11) is -2.30. The zero-order valence-corrected chi connectivity index (χ0v) is 17.7. The molecule has 0 saturated heterocycles. The lowest BCUT2D eigenvalue weighted by atomic mass is 9.93. The predicted octanol–water partition coefficient (Wildman–Crippen LogP) is 4.29. The summed E-state index contributed by atoms with van der Waals surface area (Å²) in [5.41, 5.74) is 0.873. The fraction of sp³-hybridized carbons (Fsp3) is 0.409. The average molecular weight is 417 g/mol. The van der Waals surface area contributed by atoms with E-state index >= 15 is 0 Å². The highest BCUT2D eigenvalue weighted by atomic mass is 32.2. The minimum absolute atomic E-state index is 0.0407. The quantitative estimate of drug-likeness (QED) is 0.730. The number of nitrogens with zero attached hydrogens (tertiary/aromatic N) is 1. The van der Waals surface area contributed by atoms with E-state index in [1.165, 1.54) is 25.7 Å². The summed E-state index contributed by atoms with van der Waals surface area (Å²) < 4.78 is 33.2. The van der Waals surface area contributed by atoms with Crippen LogP contribution in [0, 0.1) is 0 Å². The Hall–Kier alpha value is -2.54. The van der Waals surface area contributed by atoms with Crippen molar-refractivity contribution in [2.24, 2.45) is 0 Å². The smallest absolute Gasteiger partial charge is 0.262 e. The number of methoxy groups -OCH3 is 1. The highest BCUT2D eigenvalue weighted by Crippen LogP contribution is 2.27. The zero-order valence-electron chi connectivity index (χ0n) is 16.9. The van der Waals surface area contributed by atoms with Crippen LogP contribution in [0.2, 0.25) is 0 Å². The Kier molecular flexibility index (Phi) is 6.79. The van der Waals surface area contributed by atoms with Crippen LogP contribution in [0.25, 0.3) is 0 Å². The van der Waals surface area contributed by atoms with Gasteiger partial charge in [-0.3, -0.25) is 9.52 Å². The number of benzene rings is 2. The third-order valence-corrected chi connectivity index (χ3v) is 6.76. The van der Waals surface area contributed by atoms with E-state index in [1.54, 1.807) is 36.4 Å². The SMILES string of the molecule is CCN(C(=O)c1ccc(S(=O)(=O)Nc2ccccc2OC)cc1)C1CCCCC1. The van der Waals surface area contributed by atoms with Gasteiger partial charge in [-0.15, -0.1) is 0 Å². The summed E-state index contributed by atoms with van der Waals surface area (Å²) >= 11 is 0. The van der Waals surface area contributed by atoms with Crippen molar-refractivity contribution in [3.05, 3.63) is 54.1 Å². The van der Waals surface area contributed by atoms with Crippen LogP contribution in [-0.4, -0.2) is 38.9 Å². The Morgan fingerprint density at radius 2 is 1.72 bits per heavy atom. The van der Waals surface area contributed by atoms with Crippen molar-refractivity contribution in [2.45, 2.75) is 50.0 Å². The van der Waals surface area contributed by atoms with Gasteiger partial charge in [0.1, 0.15) is 5.75 Å². The highest BCUT2D eigenvalue weighted by molar-refractivity contribution is 7.92. The Bertz CT molecular complexity index is 936. The predicted molar refractivity (Wildman–Crippen MR) is 114 cm³/mol. The number of hydrogen-bond donors (Lipinski definition) is 1. The monoisotopic (exact) mass is 416 g/mol. The van der Waals surface area contributed by atoms with Crippen molar-refractivity contribution < 1.29 is 17.9 Å². The van der Waals surface area contributed by atoms with Gasteiger partial charge < -0.3 is 9.64 Å². The average Bonchev–Trinajstić information content (AvgIpc) is 2.75. The van der Waals surface area contributed by atoms with Crippen LogP contribution >= 0.6 is 0 Å². The number of hydrogen-bond acceptors (Lipinski definition) is 4. The minimum Gasteiger partial charge on any atom is -0.495 e. The second kappa shape index (κ2) is 9.31. The number of para-hydroxylation sites is 2. The van der Waals surface area contributed by atoms with Gasteiger partial charge in [0.05, 0.1) is 17.7 Å². The number of sulfonamides is 1. The minimum atomic E-state index is -3.79. The molecule has 0 aliphatic heterocycles. The van der Waals surface area contributed by atoms with Gasteiger partial charge >= 0.3 is 0 Å². The highest BCUT2D eigenvalue weighted by Gasteiger charge is 2.25. The first kappa shape index (κ1) is 21.2. The molecule has 1 fully saturated rings. The van der Waals surface area contributed by atoms with Gasteiger partial charge in [-0.2, -0.15) is 0 Å². The maximum atomic E-state index is 13.0. The van der Waals surface area contributed by atoms with Gasteiger partial charge in [0.25, 0.3) is 15.9 Å². The summed E-state index contributed by atoms with van der Waals surface area (Å²) in [4.78, 5) is 15.0. The summed E-state index contributed by atoms with van der Waals surface area (Å²) in [6.07, 6.45) is 5.61. The van der Waals surface area contributed by atoms with Crippen molar-refractivity contribution in [1.29, 1.82) is 0 Å². The van der Waals surface area contributed by atoms with E-state index in [0.29, 0.717) is 23.5 Å². The van der Waals surface area contributed by atoms with Crippen LogP contribution in [0.4, 0.5) is 5.69 Å². The van der Waals surface area contributed by atoms with Crippen LogP contribution in [-0.2, 0) is 10.0 Å². The molecule has 0 radical (unpaired) electrons. The van der Waals surface area contributed by atoms with E-state index in [2.05, 4.69) is 4.72 Å². The van der Waals surface area contributed by atoms with Gasteiger partial charge in [-0.25, -0.2) is 8.42 Å². The topological polar surface area (TPSA) is 75.7 Å². The molecule has 0 unspecified atom stereocenters. The Balaban J connectivity index is 1.77. The van der Waals surface area contributed by atoms with Crippen LogP contribution in [0.15, 0.2) is 53.4 Å². The van der Waals surface area contributed by atoms with E-state index in [1.807, 2.05) is 11.8 Å². The van der Waals surface area contributed by atoms with Crippen molar-refractivity contribution in [3.8, 4) is 5.75 Å². The number of nitrogens with one attached hydrogen (secondary N) is 1.